The van der Waals surface area contributed by atoms with Crippen molar-refractivity contribution in [3.05, 3.63) is 35.4 Å². The van der Waals surface area contributed by atoms with Gasteiger partial charge in [-0.15, -0.1) is 0 Å². The molecule has 0 bridgehead atoms. The van der Waals surface area contributed by atoms with E-state index in [-0.39, 0.29) is 54.0 Å². The number of carbonyl (C=O) groups is 4. The molecule has 9 atom stereocenters. The van der Waals surface area contributed by atoms with E-state index in [1.165, 1.54) is 45.4 Å². The van der Waals surface area contributed by atoms with Gasteiger partial charge in [0, 0.05) is 34.4 Å². The third kappa shape index (κ3) is 14.6. The molecule has 0 saturated carbocycles. The molecule has 1 saturated heterocycles. The fourth-order valence-electron chi connectivity index (χ4n) is 8.00. The van der Waals surface area contributed by atoms with Gasteiger partial charge in [0.05, 0.1) is 48.4 Å². The predicted molar refractivity (Wildman–Crippen MR) is 221 cm³/mol. The highest BCUT2D eigenvalue weighted by Gasteiger charge is 2.44. The van der Waals surface area contributed by atoms with Crippen LogP contribution in [0.2, 0.25) is 0 Å². The maximum absolute atomic E-state index is 14.2. The van der Waals surface area contributed by atoms with E-state index in [4.69, 9.17) is 14.6 Å². The SMILES string of the molecule is CC[C@H](C)[C@@H]([C@@H](CC(=O)N1CCC[C@H]1[C@H](OC)[C@@H](C)C(=O)NS(=O)(=O)Cc1ccc(CNC(O)C(F)(F)F)cc1)OC)N(C)C(=O)[C@@H](NC(=O)[C@H](C(C)C)N(C)C)C(C)C. The van der Waals surface area contributed by atoms with Crippen LogP contribution in [0.4, 0.5) is 13.2 Å². The highest BCUT2D eigenvalue weighted by atomic mass is 32.2. The molecule has 344 valence electrons. The van der Waals surface area contributed by atoms with Crippen molar-refractivity contribution in [1.29, 1.82) is 0 Å². The van der Waals surface area contributed by atoms with Crippen LogP contribution >= 0.6 is 0 Å². The van der Waals surface area contributed by atoms with Gasteiger partial charge in [-0.25, -0.2) is 8.42 Å². The summed E-state index contributed by atoms with van der Waals surface area (Å²) in [5, 5.41) is 14.1. The summed E-state index contributed by atoms with van der Waals surface area (Å²) in [6.45, 7) is 13.1. The number of likely N-dealkylation sites (N-methyl/N-ethyl adjacent to an activating group) is 2. The number of carbonyl (C=O) groups excluding carboxylic acids is 4. The molecule has 4 amide bonds. The summed E-state index contributed by atoms with van der Waals surface area (Å²) in [6.07, 6.45) is -7.52. The first-order valence-electron chi connectivity index (χ1n) is 20.5. The second-order valence-corrected chi connectivity index (χ2v) is 18.6. The fraction of sp³-hybridized carbons (Fsp3) is 0.756. The number of nitrogens with one attached hydrogen (secondary N) is 3. The Morgan fingerprint density at radius 1 is 0.933 bits per heavy atom. The summed E-state index contributed by atoms with van der Waals surface area (Å²) in [6, 6.07) is 3.20. The number of likely N-dealkylation sites (tertiary alicyclic amines) is 1. The largest absolute Gasteiger partial charge is 0.427 e. The molecule has 1 aromatic rings. The minimum absolute atomic E-state index is 0.00133. The first kappa shape index (κ1) is 52.8. The minimum atomic E-state index is -4.84. The molecule has 1 aliphatic rings. The number of aliphatic hydroxyl groups is 1. The molecule has 0 radical (unpaired) electrons. The number of alkyl halides is 3. The Hall–Kier alpha value is -3.36. The topological polar surface area (TPSA) is 187 Å². The number of rotatable bonds is 23. The Balaban J connectivity index is 2.21. The Bertz CT molecular complexity index is 1660. The molecular formula is C41H69F3N6O9S. The quantitative estimate of drug-likeness (QED) is 0.118. The van der Waals surface area contributed by atoms with Gasteiger partial charge in [-0.3, -0.25) is 34.1 Å². The van der Waals surface area contributed by atoms with Crippen LogP contribution in [-0.2, 0) is 51.0 Å². The smallest absolute Gasteiger partial charge is 0.379 e. The lowest BCUT2D eigenvalue weighted by Gasteiger charge is -2.41. The van der Waals surface area contributed by atoms with Gasteiger partial charge in [-0.05, 0) is 55.8 Å². The molecule has 60 heavy (non-hydrogen) atoms. The number of hydrogen-bond donors (Lipinski definition) is 4. The number of aliphatic hydroxyl groups excluding tert-OH is 1. The second-order valence-electron chi connectivity index (χ2n) is 16.8. The first-order valence-corrected chi connectivity index (χ1v) is 22.2. The third-order valence-electron chi connectivity index (χ3n) is 11.4. The van der Waals surface area contributed by atoms with Gasteiger partial charge in [-0.2, -0.15) is 13.2 Å². The Morgan fingerprint density at radius 2 is 1.52 bits per heavy atom. The fourth-order valence-corrected chi connectivity index (χ4v) is 9.19. The van der Waals surface area contributed by atoms with Crippen LogP contribution in [0.25, 0.3) is 0 Å². The first-order chi connectivity index (χ1) is 27.8. The number of hydrogen-bond acceptors (Lipinski definition) is 11. The number of amides is 4. The summed E-state index contributed by atoms with van der Waals surface area (Å²) in [7, 11) is 3.94. The molecule has 2 rings (SSSR count). The zero-order valence-electron chi connectivity index (χ0n) is 37.2. The van der Waals surface area contributed by atoms with Crippen LogP contribution in [-0.4, -0.2) is 143 Å². The van der Waals surface area contributed by atoms with Crippen LogP contribution in [0, 0.1) is 23.7 Å². The number of nitrogens with zero attached hydrogens (tertiary/aromatic N) is 3. The van der Waals surface area contributed by atoms with Crippen molar-refractivity contribution in [3.63, 3.8) is 0 Å². The van der Waals surface area contributed by atoms with Crippen LogP contribution in [0.1, 0.15) is 85.3 Å². The van der Waals surface area contributed by atoms with Crippen LogP contribution < -0.4 is 15.4 Å². The summed E-state index contributed by atoms with van der Waals surface area (Å²) in [5.41, 5.74) is 0.632. The van der Waals surface area contributed by atoms with Crippen molar-refractivity contribution in [2.24, 2.45) is 23.7 Å². The molecule has 1 heterocycles. The molecule has 0 aliphatic carbocycles. The lowest BCUT2D eigenvalue weighted by atomic mass is 9.89. The van der Waals surface area contributed by atoms with E-state index in [0.29, 0.717) is 31.4 Å². The maximum atomic E-state index is 14.2. The van der Waals surface area contributed by atoms with Gasteiger partial charge in [0.2, 0.25) is 39.9 Å². The lowest BCUT2D eigenvalue weighted by Crippen LogP contribution is -2.59. The van der Waals surface area contributed by atoms with E-state index in [9.17, 15) is 40.8 Å². The molecule has 0 spiro atoms. The lowest BCUT2D eigenvalue weighted by molar-refractivity contribution is -0.213. The Labute approximate surface area is 354 Å². The average molecular weight is 879 g/mol. The molecular weight excluding hydrogens is 810 g/mol. The molecule has 1 aromatic carbocycles. The van der Waals surface area contributed by atoms with Crippen molar-refractivity contribution in [3.8, 4) is 0 Å². The van der Waals surface area contributed by atoms with E-state index in [1.54, 1.807) is 16.8 Å². The zero-order chi connectivity index (χ0) is 45.9. The van der Waals surface area contributed by atoms with Gasteiger partial charge < -0.3 is 29.7 Å². The number of benzene rings is 1. The summed E-state index contributed by atoms with van der Waals surface area (Å²) in [4.78, 5) is 60.3. The van der Waals surface area contributed by atoms with Crippen molar-refractivity contribution >= 4 is 33.7 Å². The van der Waals surface area contributed by atoms with Gasteiger partial charge in [0.1, 0.15) is 6.04 Å². The van der Waals surface area contributed by atoms with Crippen LogP contribution in [0.15, 0.2) is 24.3 Å². The van der Waals surface area contributed by atoms with E-state index in [1.807, 2.05) is 65.9 Å². The number of ether oxygens (including phenoxy) is 2. The number of halogens is 3. The van der Waals surface area contributed by atoms with E-state index >= 15 is 0 Å². The van der Waals surface area contributed by atoms with Crippen LogP contribution in [0.5, 0.6) is 0 Å². The van der Waals surface area contributed by atoms with Gasteiger partial charge in [0.15, 0.2) is 0 Å². The molecule has 4 N–H and O–H groups in total. The van der Waals surface area contributed by atoms with E-state index in [2.05, 4.69) is 10.0 Å². The van der Waals surface area contributed by atoms with Gasteiger partial charge in [0.25, 0.3) is 0 Å². The van der Waals surface area contributed by atoms with Gasteiger partial charge in [-0.1, -0.05) is 79.2 Å². The summed E-state index contributed by atoms with van der Waals surface area (Å²) < 4.78 is 77.8. The van der Waals surface area contributed by atoms with Crippen molar-refractivity contribution in [2.45, 2.75) is 135 Å². The van der Waals surface area contributed by atoms with E-state index < -0.39 is 76.4 Å². The molecule has 1 aliphatic heterocycles. The predicted octanol–water partition coefficient (Wildman–Crippen LogP) is 3.25. The standard InChI is InChI=1S/C41H69F3N6O9S/c1-13-26(6)35(49(10)39(54)33(24(2)3)46-38(53)34(25(4)5)48(8)9)31(58-11)21-32(51)50-20-14-15-30(50)36(59-12)27(7)37(52)47-60(56,57)23-29-18-16-28(17-19-29)22-45-40(55)41(42,43)44/h16-19,24-27,30-31,33-36,40,45,55H,13-15,20-23H2,1-12H3,(H,46,53)(H,47,52)/t26-,27+,30-,31+,33-,34-,35-,36+,40?/m0/s1. The summed E-state index contributed by atoms with van der Waals surface area (Å²) in [5.74, 6) is -3.64. The van der Waals surface area contributed by atoms with Crippen molar-refractivity contribution in [1.82, 2.24) is 30.1 Å². The zero-order valence-corrected chi connectivity index (χ0v) is 38.0. The molecule has 0 aromatic heterocycles. The Morgan fingerprint density at radius 3 is 2.00 bits per heavy atom. The van der Waals surface area contributed by atoms with E-state index in [0.717, 1.165) is 0 Å². The third-order valence-corrected chi connectivity index (χ3v) is 12.6. The molecule has 1 fully saturated rings. The molecule has 15 nitrogen and oxygen atoms in total. The number of methoxy groups -OCH3 is 2. The number of sulfonamides is 1. The van der Waals surface area contributed by atoms with Gasteiger partial charge >= 0.3 is 6.18 Å². The summed E-state index contributed by atoms with van der Waals surface area (Å²) >= 11 is 0. The maximum Gasteiger partial charge on any atom is 0.427 e. The van der Waals surface area contributed by atoms with Crippen molar-refractivity contribution < 1.29 is 55.3 Å². The average Bonchev–Trinajstić information content (AvgIpc) is 3.64. The Kier molecular flexibility index (Phi) is 20.4. The molecule has 1 unspecified atom stereocenters. The van der Waals surface area contributed by atoms with Crippen LogP contribution in [0.3, 0.4) is 0 Å². The highest BCUT2D eigenvalue weighted by Crippen LogP contribution is 2.30. The van der Waals surface area contributed by atoms with Crippen molar-refractivity contribution in [2.75, 3.05) is 41.9 Å². The second kappa shape index (κ2) is 23.2. The molecule has 19 heteroatoms. The normalized spacial score (nSPS) is 19.1. The highest BCUT2D eigenvalue weighted by molar-refractivity contribution is 7.89. The minimum Gasteiger partial charge on any atom is -0.379 e. The monoisotopic (exact) mass is 878 g/mol.